The molecule has 0 saturated carbocycles. The highest BCUT2D eigenvalue weighted by Gasteiger charge is 2.41. The number of aromatic nitrogens is 2. The van der Waals surface area contributed by atoms with Crippen LogP contribution < -0.4 is 5.32 Å². The first-order valence-electron chi connectivity index (χ1n) is 15.1. The zero-order valence-electron chi connectivity index (χ0n) is 24.3. The number of nitrogens with one attached hydrogen (secondary N) is 1. The van der Waals surface area contributed by atoms with E-state index in [4.69, 9.17) is 10.5 Å². The molecule has 0 bridgehead atoms. The normalized spacial score (nSPS) is 16.0. The zero-order valence-corrected chi connectivity index (χ0v) is 24.3. The summed E-state index contributed by atoms with van der Waals surface area (Å²) < 4.78 is 4.19. The number of carbonyl (C=O) groups is 2. The first-order valence-corrected chi connectivity index (χ1v) is 15.1. The van der Waals surface area contributed by atoms with Crippen LogP contribution >= 0.6 is 0 Å². The van der Waals surface area contributed by atoms with E-state index in [0.717, 1.165) is 59.1 Å². The maximum Gasteiger partial charge on any atom is 0.262 e. The summed E-state index contributed by atoms with van der Waals surface area (Å²) in [5, 5.41) is 23.4. The summed E-state index contributed by atoms with van der Waals surface area (Å²) in [6.45, 7) is 5.80. The molecule has 2 aliphatic heterocycles. The molecule has 2 aromatic heterocycles. The molecule has 2 amide bonds. The molecule has 2 aliphatic rings. The second-order valence-corrected chi connectivity index (χ2v) is 11.1. The Morgan fingerprint density at radius 1 is 0.674 bits per heavy atom. The van der Waals surface area contributed by atoms with Crippen LogP contribution in [0.4, 0.5) is 0 Å². The van der Waals surface area contributed by atoms with E-state index in [2.05, 4.69) is 31.5 Å². The minimum Gasteiger partial charge on any atom is -0.347 e. The number of unbranched alkanes of at least 4 members (excludes halogenated alkanes) is 2. The monoisotopic (exact) mass is 573 g/mol. The van der Waals surface area contributed by atoms with Crippen molar-refractivity contribution >= 4 is 44.8 Å². The van der Waals surface area contributed by atoms with Gasteiger partial charge in [0, 0.05) is 111 Å². The van der Waals surface area contributed by atoms with Gasteiger partial charge in [-0.15, -0.1) is 0 Å². The van der Waals surface area contributed by atoms with Crippen LogP contribution in [0, 0.1) is 22.7 Å². The average Bonchev–Trinajstić information content (AvgIpc) is 3.66. The number of aryl methyl sites for hydroxylation is 2. The maximum absolute atomic E-state index is 14.4. The molecule has 1 N–H and O–H groups in total. The summed E-state index contributed by atoms with van der Waals surface area (Å²) in [7, 11) is 0. The van der Waals surface area contributed by atoms with Crippen LogP contribution in [0.3, 0.4) is 0 Å². The molecule has 1 fully saturated rings. The van der Waals surface area contributed by atoms with Crippen molar-refractivity contribution in [2.45, 2.75) is 38.8 Å². The summed E-state index contributed by atoms with van der Waals surface area (Å²) in [4.78, 5) is 32.4. The molecule has 1 saturated heterocycles. The fourth-order valence-electron chi connectivity index (χ4n) is 6.37. The molecule has 0 unspecified atom stereocenters. The van der Waals surface area contributed by atoms with Crippen LogP contribution in [-0.4, -0.2) is 70.0 Å². The lowest BCUT2D eigenvalue weighted by atomic mass is 9.95. The van der Waals surface area contributed by atoms with Crippen molar-refractivity contribution in [3.05, 3.63) is 72.1 Å². The van der Waals surface area contributed by atoms with Crippen molar-refractivity contribution in [1.29, 1.82) is 10.5 Å². The highest BCUT2D eigenvalue weighted by atomic mass is 16.2. The van der Waals surface area contributed by atoms with Gasteiger partial charge in [-0.25, -0.2) is 0 Å². The molecule has 218 valence electrons. The lowest BCUT2D eigenvalue weighted by Gasteiger charge is -2.28. The quantitative estimate of drug-likeness (QED) is 0.211. The van der Waals surface area contributed by atoms with Crippen molar-refractivity contribution in [1.82, 2.24) is 24.3 Å². The van der Waals surface area contributed by atoms with Crippen LogP contribution in [0.2, 0.25) is 0 Å². The van der Waals surface area contributed by atoms with E-state index in [0.29, 0.717) is 63.0 Å². The van der Waals surface area contributed by atoms with Crippen LogP contribution in [0.5, 0.6) is 0 Å². The fourth-order valence-corrected chi connectivity index (χ4v) is 6.37. The first kappa shape index (κ1) is 28.4. The highest BCUT2D eigenvalue weighted by molar-refractivity contribution is 6.50. The summed E-state index contributed by atoms with van der Waals surface area (Å²) in [6, 6.07) is 20.3. The Morgan fingerprint density at radius 3 is 1.65 bits per heavy atom. The second-order valence-electron chi connectivity index (χ2n) is 11.1. The van der Waals surface area contributed by atoms with E-state index in [-0.39, 0.29) is 11.8 Å². The predicted molar refractivity (Wildman–Crippen MR) is 166 cm³/mol. The van der Waals surface area contributed by atoms with E-state index in [1.165, 1.54) is 4.90 Å². The molecule has 43 heavy (non-hydrogen) atoms. The number of nitrogens with zero attached hydrogens (tertiary/aromatic N) is 6. The summed E-state index contributed by atoms with van der Waals surface area (Å²) in [5.74, 6) is -0.534. The number of para-hydroxylation sites is 2. The smallest absolute Gasteiger partial charge is 0.262 e. The number of piperazine rings is 1. The number of benzene rings is 2. The Kier molecular flexibility index (Phi) is 8.37. The summed E-state index contributed by atoms with van der Waals surface area (Å²) >= 11 is 0. The minimum atomic E-state index is -0.267. The van der Waals surface area contributed by atoms with Gasteiger partial charge in [0.25, 0.3) is 11.8 Å². The molecule has 4 heterocycles. The Hall–Kier alpha value is -4.70. The summed E-state index contributed by atoms with van der Waals surface area (Å²) in [5.41, 5.74) is 4.29. The number of hydrogen-bond donors (Lipinski definition) is 1. The van der Waals surface area contributed by atoms with Gasteiger partial charge < -0.3 is 14.5 Å². The van der Waals surface area contributed by atoms with Gasteiger partial charge in [-0.05, 0) is 25.0 Å². The third-order valence-electron chi connectivity index (χ3n) is 8.51. The molecule has 6 rings (SSSR count). The van der Waals surface area contributed by atoms with Crippen LogP contribution in [0.1, 0.15) is 36.8 Å². The van der Waals surface area contributed by atoms with Crippen LogP contribution in [-0.2, 0) is 22.7 Å². The van der Waals surface area contributed by atoms with Gasteiger partial charge in [0.05, 0.1) is 23.3 Å². The van der Waals surface area contributed by atoms with E-state index < -0.39 is 0 Å². The van der Waals surface area contributed by atoms with Crippen LogP contribution in [0.25, 0.3) is 33.0 Å². The van der Waals surface area contributed by atoms with E-state index in [1.807, 2.05) is 60.9 Å². The Bertz CT molecular complexity index is 1670. The van der Waals surface area contributed by atoms with Gasteiger partial charge in [0.2, 0.25) is 0 Å². The second kappa shape index (κ2) is 12.7. The van der Waals surface area contributed by atoms with Crippen molar-refractivity contribution < 1.29 is 9.59 Å². The van der Waals surface area contributed by atoms with Crippen molar-refractivity contribution in [3.8, 4) is 12.1 Å². The number of amides is 2. The number of rotatable bonds is 11. The maximum atomic E-state index is 14.4. The van der Waals surface area contributed by atoms with E-state index >= 15 is 0 Å². The molecule has 4 aromatic rings. The molecule has 0 atom stereocenters. The van der Waals surface area contributed by atoms with Gasteiger partial charge in [-0.2, -0.15) is 10.5 Å². The number of nitriles is 2. The largest absolute Gasteiger partial charge is 0.347 e. The third kappa shape index (κ3) is 5.46. The molecule has 9 nitrogen and oxygen atoms in total. The lowest BCUT2D eigenvalue weighted by Crippen LogP contribution is -2.47. The molecule has 0 aliphatic carbocycles. The fraction of sp³-hybridized carbons (Fsp3) is 0.353. The summed E-state index contributed by atoms with van der Waals surface area (Å²) in [6.07, 6.45) is 6.24. The van der Waals surface area contributed by atoms with Gasteiger partial charge in [0.1, 0.15) is 0 Å². The molecule has 0 radical (unpaired) electrons. The zero-order chi connectivity index (χ0) is 29.8. The Labute approximate surface area is 251 Å². The third-order valence-corrected chi connectivity index (χ3v) is 8.51. The average molecular weight is 574 g/mol. The topological polar surface area (TPSA) is 110 Å². The number of imide groups is 1. The molecular weight excluding hydrogens is 538 g/mol. The predicted octanol–water partition coefficient (Wildman–Crippen LogP) is 4.39. The first-order chi connectivity index (χ1) is 21.1. The highest BCUT2D eigenvalue weighted by Crippen LogP contribution is 2.42. The Balaban J connectivity index is 1.49. The van der Waals surface area contributed by atoms with Crippen molar-refractivity contribution in [2.24, 2.45) is 0 Å². The van der Waals surface area contributed by atoms with Gasteiger partial charge in [0.15, 0.2) is 0 Å². The van der Waals surface area contributed by atoms with Gasteiger partial charge in [-0.1, -0.05) is 36.4 Å². The van der Waals surface area contributed by atoms with Crippen molar-refractivity contribution in [2.75, 3.05) is 39.3 Å². The van der Waals surface area contributed by atoms with Crippen molar-refractivity contribution in [3.63, 3.8) is 0 Å². The molecule has 0 spiro atoms. The number of hydrogen-bond acceptors (Lipinski definition) is 6. The lowest BCUT2D eigenvalue weighted by molar-refractivity contribution is -0.136. The van der Waals surface area contributed by atoms with E-state index in [9.17, 15) is 9.59 Å². The van der Waals surface area contributed by atoms with Gasteiger partial charge in [-0.3, -0.25) is 19.4 Å². The molecule has 9 heteroatoms. The molecular formula is C34H35N7O2. The van der Waals surface area contributed by atoms with E-state index in [1.54, 1.807) is 0 Å². The SMILES string of the molecule is N#CCCCn1cc(C2=C(c3cn(CCCC#N)c4ccccc34)C(=O)N(CCN3CCNCC3)C2=O)c2ccccc21. The standard InChI is InChI=1S/C34H35N7O2/c35-13-5-7-17-39-23-27(25-9-1-3-11-29(25)39)31-32(34(43)41(33(31)42)22-21-38-19-15-37-16-20-38)28-24-40(18-8-6-14-36)30-12-4-2-10-26(28)30/h1-4,9-12,23-24,37H,5-8,15-22H2. The number of fused-ring (bicyclic) bond motifs is 2. The molecule has 2 aromatic carbocycles. The Morgan fingerprint density at radius 2 is 1.16 bits per heavy atom. The number of carbonyl (C=O) groups excluding carboxylic acids is 2. The van der Waals surface area contributed by atoms with Gasteiger partial charge >= 0.3 is 0 Å². The van der Waals surface area contributed by atoms with Crippen LogP contribution in [0.15, 0.2) is 60.9 Å². The minimum absolute atomic E-state index is 0.267.